The van der Waals surface area contributed by atoms with Gasteiger partial charge in [0.05, 0.1) is 16.6 Å². The number of aromatic nitrogens is 2. The van der Waals surface area contributed by atoms with Gasteiger partial charge >= 0.3 is 0 Å². The molecule has 0 spiro atoms. The van der Waals surface area contributed by atoms with Gasteiger partial charge in [-0.2, -0.15) is 8.75 Å². The molecule has 5 nitrogen and oxygen atoms in total. The molecular formula is C12H9N3O2S2. The summed E-state index contributed by atoms with van der Waals surface area (Å²) in [6.07, 6.45) is 0. The lowest BCUT2D eigenvalue weighted by atomic mass is 10.1. The quantitative estimate of drug-likeness (QED) is 0.782. The summed E-state index contributed by atoms with van der Waals surface area (Å²) in [6, 6.07) is 12.1. The molecule has 0 unspecified atom stereocenters. The van der Waals surface area contributed by atoms with E-state index in [-0.39, 0.29) is 4.90 Å². The molecule has 1 heterocycles. The molecule has 1 aromatic heterocycles. The largest absolute Gasteiger partial charge is 0.238 e. The lowest BCUT2D eigenvalue weighted by Crippen LogP contribution is -2.13. The van der Waals surface area contributed by atoms with Crippen LogP contribution in [0.15, 0.2) is 47.4 Å². The third-order valence-corrected chi connectivity index (χ3v) is 4.28. The molecule has 0 fully saturated rings. The number of rotatable bonds is 2. The first kappa shape index (κ1) is 12.2. The van der Waals surface area contributed by atoms with Crippen LogP contribution in [0.1, 0.15) is 0 Å². The van der Waals surface area contributed by atoms with Crippen molar-refractivity contribution in [3.63, 3.8) is 0 Å². The second kappa shape index (κ2) is 4.37. The molecule has 0 atom stereocenters. The maximum Gasteiger partial charge on any atom is 0.238 e. The minimum absolute atomic E-state index is 0.109. The Hall–Kier alpha value is -1.83. The molecule has 2 N–H and O–H groups in total. The van der Waals surface area contributed by atoms with Crippen LogP contribution in [0.2, 0.25) is 0 Å². The van der Waals surface area contributed by atoms with Crippen LogP contribution >= 0.6 is 11.7 Å². The van der Waals surface area contributed by atoms with E-state index in [9.17, 15) is 8.42 Å². The van der Waals surface area contributed by atoms with Crippen LogP contribution < -0.4 is 5.14 Å². The van der Waals surface area contributed by atoms with Crippen molar-refractivity contribution >= 4 is 32.8 Å². The number of primary sulfonamides is 1. The SMILES string of the molecule is NS(=O)(=O)c1ccccc1-c1ccc2nsnc2c1. The van der Waals surface area contributed by atoms with Crippen LogP contribution in [0.5, 0.6) is 0 Å². The van der Waals surface area contributed by atoms with Gasteiger partial charge in [0.25, 0.3) is 0 Å². The number of nitrogens with zero attached hydrogens (tertiary/aromatic N) is 2. The van der Waals surface area contributed by atoms with Crippen LogP contribution in [0.4, 0.5) is 0 Å². The van der Waals surface area contributed by atoms with Crippen LogP contribution in [-0.4, -0.2) is 17.2 Å². The Morgan fingerprint density at radius 2 is 1.74 bits per heavy atom. The third-order valence-electron chi connectivity index (χ3n) is 2.76. The Labute approximate surface area is 114 Å². The molecule has 0 aliphatic carbocycles. The van der Waals surface area contributed by atoms with Gasteiger partial charge in [0.1, 0.15) is 11.0 Å². The van der Waals surface area contributed by atoms with Crippen molar-refractivity contribution in [1.82, 2.24) is 8.75 Å². The molecule has 7 heteroatoms. The maximum atomic E-state index is 11.6. The molecular weight excluding hydrogens is 282 g/mol. The topological polar surface area (TPSA) is 85.9 Å². The zero-order chi connectivity index (χ0) is 13.5. The van der Waals surface area contributed by atoms with E-state index in [1.807, 2.05) is 18.2 Å². The van der Waals surface area contributed by atoms with Gasteiger partial charge in [0.15, 0.2) is 0 Å². The number of hydrogen-bond acceptors (Lipinski definition) is 5. The van der Waals surface area contributed by atoms with Crippen LogP contribution in [-0.2, 0) is 10.0 Å². The molecule has 0 saturated heterocycles. The molecule has 0 bridgehead atoms. The fourth-order valence-electron chi connectivity index (χ4n) is 1.90. The fourth-order valence-corrected chi connectivity index (χ4v) is 3.18. The van der Waals surface area contributed by atoms with Crippen molar-refractivity contribution in [3.8, 4) is 11.1 Å². The summed E-state index contributed by atoms with van der Waals surface area (Å²) in [5.41, 5.74) is 2.86. The van der Waals surface area contributed by atoms with Gasteiger partial charge in [-0.3, -0.25) is 0 Å². The van der Waals surface area contributed by atoms with Gasteiger partial charge in [-0.25, -0.2) is 13.6 Å². The van der Waals surface area contributed by atoms with Crippen molar-refractivity contribution in [1.29, 1.82) is 0 Å². The Kier molecular flexibility index (Phi) is 2.81. The van der Waals surface area contributed by atoms with Gasteiger partial charge in [-0.15, -0.1) is 0 Å². The Morgan fingerprint density at radius 3 is 2.53 bits per heavy atom. The monoisotopic (exact) mass is 291 g/mol. The van der Waals surface area contributed by atoms with Crippen molar-refractivity contribution in [3.05, 3.63) is 42.5 Å². The molecule has 0 aliphatic rings. The lowest BCUT2D eigenvalue weighted by molar-refractivity contribution is 0.598. The first-order valence-corrected chi connectivity index (χ1v) is 7.68. The average molecular weight is 291 g/mol. The van der Waals surface area contributed by atoms with E-state index in [1.165, 1.54) is 6.07 Å². The second-order valence-corrected chi connectivity index (χ2v) is 6.07. The number of fused-ring (bicyclic) bond motifs is 1. The zero-order valence-corrected chi connectivity index (χ0v) is 11.3. The van der Waals surface area contributed by atoms with Gasteiger partial charge in [0.2, 0.25) is 10.0 Å². The van der Waals surface area contributed by atoms with E-state index < -0.39 is 10.0 Å². The highest BCUT2D eigenvalue weighted by atomic mass is 32.2. The van der Waals surface area contributed by atoms with Crippen molar-refractivity contribution in [2.45, 2.75) is 4.90 Å². The van der Waals surface area contributed by atoms with Crippen LogP contribution in [0, 0.1) is 0 Å². The number of nitrogens with two attached hydrogens (primary N) is 1. The predicted molar refractivity (Wildman–Crippen MR) is 74.2 cm³/mol. The highest BCUT2D eigenvalue weighted by Crippen LogP contribution is 2.28. The van der Waals surface area contributed by atoms with Gasteiger partial charge in [-0.05, 0) is 23.8 Å². The number of hydrogen-bond donors (Lipinski definition) is 1. The van der Waals surface area contributed by atoms with E-state index in [0.717, 1.165) is 28.3 Å². The Bertz CT molecular complexity index is 856. The van der Waals surface area contributed by atoms with E-state index in [1.54, 1.807) is 18.2 Å². The van der Waals surface area contributed by atoms with Crippen LogP contribution in [0.3, 0.4) is 0 Å². The van der Waals surface area contributed by atoms with Gasteiger partial charge < -0.3 is 0 Å². The number of sulfonamides is 1. The Balaban J connectivity index is 2.27. The molecule has 0 saturated carbocycles. The molecule has 3 rings (SSSR count). The summed E-state index contributed by atoms with van der Waals surface area (Å²) in [5, 5.41) is 5.23. The molecule has 0 radical (unpaired) electrons. The first-order valence-electron chi connectivity index (χ1n) is 5.40. The average Bonchev–Trinajstić information content (AvgIpc) is 2.85. The summed E-state index contributed by atoms with van der Waals surface area (Å²) in [4.78, 5) is 0.109. The molecule has 96 valence electrons. The van der Waals surface area contributed by atoms with Crippen molar-refractivity contribution in [2.75, 3.05) is 0 Å². The highest BCUT2D eigenvalue weighted by molar-refractivity contribution is 7.89. The van der Waals surface area contributed by atoms with Crippen molar-refractivity contribution < 1.29 is 8.42 Å². The number of benzene rings is 2. The lowest BCUT2D eigenvalue weighted by Gasteiger charge is -2.07. The summed E-state index contributed by atoms with van der Waals surface area (Å²) >= 11 is 1.12. The van der Waals surface area contributed by atoms with Gasteiger partial charge in [0, 0.05) is 5.56 Å². The summed E-state index contributed by atoms with van der Waals surface area (Å²) in [6.45, 7) is 0. The molecule has 3 aromatic rings. The standard InChI is InChI=1S/C12H9N3O2S2/c13-19(16,17)12-4-2-1-3-9(12)8-5-6-10-11(7-8)15-18-14-10/h1-7H,(H2,13,16,17). The van der Waals surface area contributed by atoms with Gasteiger partial charge in [-0.1, -0.05) is 24.3 Å². The van der Waals surface area contributed by atoms with E-state index in [0.29, 0.717) is 5.56 Å². The second-order valence-electron chi connectivity index (χ2n) is 4.01. The summed E-state index contributed by atoms with van der Waals surface area (Å²) in [7, 11) is -3.75. The van der Waals surface area contributed by atoms with E-state index in [4.69, 9.17) is 5.14 Å². The fraction of sp³-hybridized carbons (Fsp3) is 0. The smallest absolute Gasteiger partial charge is 0.225 e. The summed E-state index contributed by atoms with van der Waals surface area (Å²) < 4.78 is 31.4. The molecule has 2 aromatic carbocycles. The van der Waals surface area contributed by atoms with Crippen molar-refractivity contribution in [2.24, 2.45) is 5.14 Å². The highest BCUT2D eigenvalue weighted by Gasteiger charge is 2.15. The minimum atomic E-state index is -3.75. The zero-order valence-electron chi connectivity index (χ0n) is 9.65. The van der Waals surface area contributed by atoms with E-state index in [2.05, 4.69) is 8.75 Å². The third kappa shape index (κ3) is 2.23. The predicted octanol–water partition coefficient (Wildman–Crippen LogP) is 2.01. The normalized spacial score (nSPS) is 11.8. The molecule has 0 amide bonds. The molecule has 19 heavy (non-hydrogen) atoms. The van der Waals surface area contributed by atoms with Crippen LogP contribution in [0.25, 0.3) is 22.2 Å². The minimum Gasteiger partial charge on any atom is -0.225 e. The summed E-state index contributed by atoms with van der Waals surface area (Å²) in [5.74, 6) is 0. The van der Waals surface area contributed by atoms with E-state index >= 15 is 0 Å². The maximum absolute atomic E-state index is 11.6. The Morgan fingerprint density at radius 1 is 1.00 bits per heavy atom. The first-order chi connectivity index (χ1) is 9.05. The molecule has 0 aliphatic heterocycles.